The van der Waals surface area contributed by atoms with Crippen LogP contribution in [0, 0.1) is 0 Å². The largest absolute Gasteiger partial charge is 0.478 e. The molecule has 0 saturated heterocycles. The Hall–Kier alpha value is -1.30. The van der Waals surface area contributed by atoms with Crippen molar-refractivity contribution >= 4 is 56.6 Å². The van der Waals surface area contributed by atoms with Crippen LogP contribution in [0.5, 0.6) is 0 Å². The van der Waals surface area contributed by atoms with Crippen molar-refractivity contribution in [2.75, 3.05) is 5.32 Å². The summed E-state index contributed by atoms with van der Waals surface area (Å²) in [6, 6.07) is 7.97. The van der Waals surface area contributed by atoms with Gasteiger partial charge in [-0.1, -0.05) is 39.1 Å². The molecule has 7 heteroatoms. The maximum absolute atomic E-state index is 11.1. The van der Waals surface area contributed by atoms with Gasteiger partial charge in [0.05, 0.1) is 10.7 Å². The summed E-state index contributed by atoms with van der Waals surface area (Å²) in [7, 11) is 0. The van der Waals surface area contributed by atoms with Crippen LogP contribution in [-0.4, -0.2) is 16.1 Å². The third-order valence-corrected chi connectivity index (χ3v) is 3.29. The number of rotatable bonds is 3. The molecular formula is C12H7BrCl2N2O2. The SMILES string of the molecule is O=C(O)c1ccc(Cl)nc1Nc1ccc(Br)cc1Cl. The predicted molar refractivity (Wildman–Crippen MR) is 78.6 cm³/mol. The Labute approximate surface area is 127 Å². The van der Waals surface area contributed by atoms with E-state index in [9.17, 15) is 4.79 Å². The average molecular weight is 362 g/mol. The highest BCUT2D eigenvalue weighted by molar-refractivity contribution is 9.10. The molecule has 0 amide bonds. The van der Waals surface area contributed by atoms with E-state index in [1.165, 1.54) is 12.1 Å². The molecule has 0 saturated carbocycles. The first-order valence-electron chi connectivity index (χ1n) is 5.09. The van der Waals surface area contributed by atoms with Gasteiger partial charge in [0.2, 0.25) is 0 Å². The molecule has 0 fully saturated rings. The van der Waals surface area contributed by atoms with Crippen LogP contribution in [0.4, 0.5) is 11.5 Å². The van der Waals surface area contributed by atoms with Crippen LogP contribution in [0.25, 0.3) is 0 Å². The van der Waals surface area contributed by atoms with E-state index in [2.05, 4.69) is 26.2 Å². The van der Waals surface area contributed by atoms with Crippen LogP contribution in [-0.2, 0) is 0 Å². The van der Waals surface area contributed by atoms with E-state index in [4.69, 9.17) is 28.3 Å². The zero-order valence-electron chi connectivity index (χ0n) is 9.32. The Morgan fingerprint density at radius 2 is 2.00 bits per heavy atom. The number of hydrogen-bond donors (Lipinski definition) is 2. The van der Waals surface area contributed by atoms with Crippen molar-refractivity contribution in [3.05, 3.63) is 50.5 Å². The van der Waals surface area contributed by atoms with Crippen molar-refractivity contribution in [3.8, 4) is 0 Å². The Morgan fingerprint density at radius 1 is 1.26 bits per heavy atom. The standard InChI is InChI=1S/C12H7BrCl2N2O2/c13-6-1-3-9(8(14)5-6)16-11-7(12(18)19)2-4-10(15)17-11/h1-5H,(H,16,17)(H,18,19). The summed E-state index contributed by atoms with van der Waals surface area (Å²) >= 11 is 15.1. The fourth-order valence-electron chi connectivity index (χ4n) is 1.42. The van der Waals surface area contributed by atoms with Gasteiger partial charge >= 0.3 is 5.97 Å². The molecule has 1 aromatic heterocycles. The van der Waals surface area contributed by atoms with E-state index in [-0.39, 0.29) is 16.5 Å². The van der Waals surface area contributed by atoms with Crippen molar-refractivity contribution < 1.29 is 9.90 Å². The molecule has 0 atom stereocenters. The van der Waals surface area contributed by atoms with E-state index < -0.39 is 5.97 Å². The molecule has 19 heavy (non-hydrogen) atoms. The number of aromatic nitrogens is 1. The molecule has 0 aliphatic rings. The van der Waals surface area contributed by atoms with Gasteiger partial charge in [0.1, 0.15) is 16.5 Å². The molecule has 1 aromatic carbocycles. The first-order valence-corrected chi connectivity index (χ1v) is 6.64. The quantitative estimate of drug-likeness (QED) is 0.784. The highest BCUT2D eigenvalue weighted by Gasteiger charge is 2.13. The highest BCUT2D eigenvalue weighted by atomic mass is 79.9. The second-order valence-corrected chi connectivity index (χ2v) is 5.29. The minimum absolute atomic E-state index is 0.0170. The van der Waals surface area contributed by atoms with E-state index in [0.717, 1.165) is 4.47 Å². The van der Waals surface area contributed by atoms with Crippen LogP contribution in [0.1, 0.15) is 10.4 Å². The number of nitrogens with one attached hydrogen (secondary N) is 1. The lowest BCUT2D eigenvalue weighted by atomic mass is 10.2. The van der Waals surface area contributed by atoms with Crippen LogP contribution in [0.3, 0.4) is 0 Å². The third kappa shape index (κ3) is 3.37. The molecule has 4 nitrogen and oxygen atoms in total. The van der Waals surface area contributed by atoms with Gasteiger partial charge in [0, 0.05) is 4.47 Å². The fourth-order valence-corrected chi connectivity index (χ4v) is 2.29. The lowest BCUT2D eigenvalue weighted by molar-refractivity contribution is 0.0697. The van der Waals surface area contributed by atoms with Gasteiger partial charge in [-0.05, 0) is 30.3 Å². The highest BCUT2D eigenvalue weighted by Crippen LogP contribution is 2.29. The van der Waals surface area contributed by atoms with Crippen molar-refractivity contribution in [1.29, 1.82) is 0 Å². The predicted octanol–water partition coefficient (Wildman–Crippen LogP) is 4.59. The van der Waals surface area contributed by atoms with E-state index in [1.54, 1.807) is 18.2 Å². The monoisotopic (exact) mass is 360 g/mol. The molecule has 2 N–H and O–H groups in total. The lowest BCUT2D eigenvalue weighted by Gasteiger charge is -2.10. The molecule has 98 valence electrons. The molecule has 0 aliphatic carbocycles. The summed E-state index contributed by atoms with van der Waals surface area (Å²) in [5.41, 5.74) is 0.561. The van der Waals surface area contributed by atoms with E-state index in [1.807, 2.05) is 0 Å². The van der Waals surface area contributed by atoms with E-state index in [0.29, 0.717) is 10.7 Å². The number of carboxylic acid groups (broad SMARTS) is 1. The molecule has 2 aromatic rings. The molecule has 1 heterocycles. The summed E-state index contributed by atoms with van der Waals surface area (Å²) in [6.07, 6.45) is 0. The second kappa shape index (κ2) is 5.77. The Kier molecular flexibility index (Phi) is 4.29. The molecule has 0 aliphatic heterocycles. The fraction of sp³-hybridized carbons (Fsp3) is 0. The van der Waals surface area contributed by atoms with Crippen molar-refractivity contribution in [3.63, 3.8) is 0 Å². The molecule has 0 radical (unpaired) electrons. The van der Waals surface area contributed by atoms with Gasteiger partial charge in [-0.3, -0.25) is 0 Å². The van der Waals surface area contributed by atoms with Gasteiger partial charge < -0.3 is 10.4 Å². The van der Waals surface area contributed by atoms with Crippen molar-refractivity contribution in [1.82, 2.24) is 4.98 Å². The van der Waals surface area contributed by atoms with Gasteiger partial charge in [0.15, 0.2) is 0 Å². The second-order valence-electron chi connectivity index (χ2n) is 3.58. The van der Waals surface area contributed by atoms with Crippen LogP contribution < -0.4 is 5.32 Å². The number of halogens is 3. The Morgan fingerprint density at radius 3 is 2.63 bits per heavy atom. The summed E-state index contributed by atoms with van der Waals surface area (Å²) in [5.74, 6) is -0.955. The van der Waals surface area contributed by atoms with Gasteiger partial charge in [-0.15, -0.1) is 0 Å². The normalized spacial score (nSPS) is 10.3. The van der Waals surface area contributed by atoms with Crippen LogP contribution in [0.15, 0.2) is 34.8 Å². The number of pyridine rings is 1. The van der Waals surface area contributed by atoms with Gasteiger partial charge in [-0.25, -0.2) is 9.78 Å². The summed E-state index contributed by atoms with van der Waals surface area (Å²) in [5, 5.41) is 12.6. The van der Waals surface area contributed by atoms with Crippen molar-refractivity contribution in [2.24, 2.45) is 0 Å². The smallest absolute Gasteiger partial charge is 0.339 e. The zero-order valence-corrected chi connectivity index (χ0v) is 12.4. The topological polar surface area (TPSA) is 62.2 Å². The number of benzene rings is 1. The molecule has 0 spiro atoms. The molecule has 2 rings (SSSR count). The maximum atomic E-state index is 11.1. The zero-order chi connectivity index (χ0) is 14.0. The number of hydrogen-bond acceptors (Lipinski definition) is 3. The first-order chi connectivity index (χ1) is 8.97. The van der Waals surface area contributed by atoms with Gasteiger partial charge in [-0.2, -0.15) is 0 Å². The molecule has 0 unspecified atom stereocenters. The summed E-state index contributed by atoms with van der Waals surface area (Å²) < 4.78 is 0.820. The first kappa shape index (κ1) is 14.1. The number of nitrogens with zero attached hydrogens (tertiary/aromatic N) is 1. The minimum atomic E-state index is -1.10. The van der Waals surface area contributed by atoms with Crippen LogP contribution >= 0.6 is 39.1 Å². The van der Waals surface area contributed by atoms with Gasteiger partial charge in [0.25, 0.3) is 0 Å². The Balaban J connectivity index is 2.42. The number of anilines is 2. The Bertz CT molecular complexity index is 650. The lowest BCUT2D eigenvalue weighted by Crippen LogP contribution is -2.05. The van der Waals surface area contributed by atoms with Crippen LogP contribution in [0.2, 0.25) is 10.2 Å². The third-order valence-electron chi connectivity index (χ3n) is 2.28. The minimum Gasteiger partial charge on any atom is -0.478 e. The summed E-state index contributed by atoms with van der Waals surface area (Å²) in [4.78, 5) is 15.1. The van der Waals surface area contributed by atoms with Crippen molar-refractivity contribution in [2.45, 2.75) is 0 Å². The van der Waals surface area contributed by atoms with E-state index >= 15 is 0 Å². The number of carboxylic acids is 1. The molecule has 0 bridgehead atoms. The maximum Gasteiger partial charge on any atom is 0.339 e. The molecular weight excluding hydrogens is 355 g/mol. The number of carbonyl (C=O) groups is 1. The average Bonchev–Trinajstić information content (AvgIpc) is 2.32. The summed E-state index contributed by atoms with van der Waals surface area (Å²) in [6.45, 7) is 0. The number of aromatic carboxylic acids is 1.